The van der Waals surface area contributed by atoms with Crippen LogP contribution in [0.25, 0.3) is 0 Å². The second kappa shape index (κ2) is 9.72. The van der Waals surface area contributed by atoms with Crippen molar-refractivity contribution in [2.45, 2.75) is 60.8 Å². The molecule has 1 heteroatoms. The Balaban J connectivity index is 2.67. The van der Waals surface area contributed by atoms with E-state index in [1.165, 1.54) is 36.0 Å². The van der Waals surface area contributed by atoms with Crippen LogP contribution in [0.3, 0.4) is 0 Å². The Labute approximate surface area is 143 Å². The molecule has 0 unspecified atom stereocenters. The average molecular weight is 315 g/mol. The van der Waals surface area contributed by atoms with E-state index in [9.17, 15) is 0 Å². The van der Waals surface area contributed by atoms with Crippen LogP contribution in [0.1, 0.15) is 60.8 Å². The average Bonchev–Trinajstić information content (AvgIpc) is 2.46. The number of ether oxygens (including phenoxy) is 1. The largest absolute Gasteiger partial charge is 0.378 e. The Kier molecular flexibility index (Phi) is 8.33. The van der Waals surface area contributed by atoms with Crippen molar-refractivity contribution in [2.75, 3.05) is 13.2 Å². The van der Waals surface area contributed by atoms with Gasteiger partial charge in [-0.2, -0.15) is 0 Å². The molecule has 0 amide bonds. The van der Waals surface area contributed by atoms with E-state index in [2.05, 4.69) is 71.1 Å². The molecule has 0 saturated heterocycles. The zero-order valence-electron chi connectivity index (χ0n) is 15.9. The first-order valence-corrected chi connectivity index (χ1v) is 8.84. The first-order valence-electron chi connectivity index (χ1n) is 8.84. The minimum absolute atomic E-state index is 0.313. The summed E-state index contributed by atoms with van der Waals surface area (Å²) < 4.78 is 5.32. The van der Waals surface area contributed by atoms with Crippen LogP contribution < -0.4 is 0 Å². The topological polar surface area (TPSA) is 9.23 Å². The van der Waals surface area contributed by atoms with Gasteiger partial charge < -0.3 is 4.74 Å². The Morgan fingerprint density at radius 1 is 1.17 bits per heavy atom. The summed E-state index contributed by atoms with van der Waals surface area (Å²) in [6, 6.07) is 0. The lowest BCUT2D eigenvalue weighted by atomic mass is 9.72. The van der Waals surface area contributed by atoms with E-state index in [1.54, 1.807) is 5.57 Å². The van der Waals surface area contributed by atoms with Gasteiger partial charge in [-0.05, 0) is 57.9 Å². The normalized spacial score (nSPS) is 20.1. The SMILES string of the molecule is CCOCC=C(C)C=CC=C(C)C=CC1=C(C)CCCC1(C)C. The van der Waals surface area contributed by atoms with Gasteiger partial charge >= 0.3 is 0 Å². The first kappa shape index (κ1) is 19.7. The lowest BCUT2D eigenvalue weighted by Gasteiger charge is -2.32. The molecule has 1 aliphatic carbocycles. The zero-order valence-corrected chi connectivity index (χ0v) is 15.9. The third kappa shape index (κ3) is 7.18. The third-order valence-corrected chi connectivity index (χ3v) is 4.50. The second-order valence-electron chi connectivity index (χ2n) is 7.14. The molecular weight excluding hydrogens is 280 g/mol. The highest BCUT2D eigenvalue weighted by atomic mass is 16.5. The van der Waals surface area contributed by atoms with Gasteiger partial charge in [0.1, 0.15) is 0 Å². The molecular formula is C22H34O. The van der Waals surface area contributed by atoms with E-state index in [0.717, 1.165) is 6.61 Å². The van der Waals surface area contributed by atoms with Crippen molar-refractivity contribution in [3.05, 3.63) is 58.7 Å². The van der Waals surface area contributed by atoms with Crippen LogP contribution in [-0.4, -0.2) is 13.2 Å². The second-order valence-corrected chi connectivity index (χ2v) is 7.14. The minimum Gasteiger partial charge on any atom is -0.378 e. The van der Waals surface area contributed by atoms with E-state index in [0.29, 0.717) is 12.0 Å². The molecule has 0 heterocycles. The molecule has 128 valence electrons. The molecule has 0 fully saturated rings. The highest BCUT2D eigenvalue weighted by molar-refractivity contribution is 5.37. The van der Waals surface area contributed by atoms with Crippen molar-refractivity contribution in [3.63, 3.8) is 0 Å². The van der Waals surface area contributed by atoms with Gasteiger partial charge in [-0.1, -0.05) is 67.0 Å². The number of hydrogen-bond acceptors (Lipinski definition) is 1. The van der Waals surface area contributed by atoms with Crippen LogP contribution in [0.2, 0.25) is 0 Å². The summed E-state index contributed by atoms with van der Waals surface area (Å²) in [6.45, 7) is 14.7. The van der Waals surface area contributed by atoms with Crippen molar-refractivity contribution in [1.29, 1.82) is 0 Å². The summed E-state index contributed by atoms with van der Waals surface area (Å²) in [5.74, 6) is 0. The van der Waals surface area contributed by atoms with E-state index in [-0.39, 0.29) is 0 Å². The lowest BCUT2D eigenvalue weighted by Crippen LogP contribution is -2.19. The fourth-order valence-electron chi connectivity index (χ4n) is 3.01. The van der Waals surface area contributed by atoms with Crippen molar-refractivity contribution >= 4 is 0 Å². The molecule has 0 radical (unpaired) electrons. The standard InChI is InChI=1S/C22H34O/c1-7-23-17-15-19(3)11-8-10-18(2)13-14-21-20(4)12-9-16-22(21,5)6/h8,10-11,13-15H,7,9,12,16-17H2,1-6H3. The first-order chi connectivity index (χ1) is 10.9. The number of hydrogen-bond donors (Lipinski definition) is 0. The smallest absolute Gasteiger partial charge is 0.0652 e. The number of allylic oxidation sites excluding steroid dienone is 9. The van der Waals surface area contributed by atoms with Crippen LogP contribution in [-0.2, 0) is 4.74 Å². The molecule has 0 aromatic rings. The van der Waals surface area contributed by atoms with E-state index >= 15 is 0 Å². The molecule has 0 saturated carbocycles. The van der Waals surface area contributed by atoms with Crippen molar-refractivity contribution in [2.24, 2.45) is 5.41 Å². The van der Waals surface area contributed by atoms with Gasteiger partial charge in [0.25, 0.3) is 0 Å². The molecule has 0 spiro atoms. The van der Waals surface area contributed by atoms with Gasteiger partial charge in [-0.15, -0.1) is 0 Å². The Morgan fingerprint density at radius 3 is 2.57 bits per heavy atom. The number of rotatable bonds is 7. The fourth-order valence-corrected chi connectivity index (χ4v) is 3.01. The van der Waals surface area contributed by atoms with Gasteiger partial charge in [0.05, 0.1) is 6.61 Å². The predicted molar refractivity (Wildman–Crippen MR) is 103 cm³/mol. The van der Waals surface area contributed by atoms with Crippen molar-refractivity contribution in [3.8, 4) is 0 Å². The maximum absolute atomic E-state index is 5.32. The quantitative estimate of drug-likeness (QED) is 0.382. The molecule has 0 N–H and O–H groups in total. The van der Waals surface area contributed by atoms with E-state index < -0.39 is 0 Å². The molecule has 1 rings (SSSR count). The molecule has 23 heavy (non-hydrogen) atoms. The van der Waals surface area contributed by atoms with Gasteiger partial charge in [-0.3, -0.25) is 0 Å². The third-order valence-electron chi connectivity index (χ3n) is 4.50. The molecule has 0 aromatic carbocycles. The van der Waals surface area contributed by atoms with E-state index in [1.807, 2.05) is 6.92 Å². The van der Waals surface area contributed by atoms with Crippen LogP contribution >= 0.6 is 0 Å². The molecule has 1 aliphatic rings. The zero-order chi connectivity index (χ0) is 17.3. The molecule has 0 aliphatic heterocycles. The summed E-state index contributed by atoms with van der Waals surface area (Å²) in [5, 5.41) is 0. The molecule has 1 nitrogen and oxygen atoms in total. The maximum atomic E-state index is 5.32. The molecule has 0 atom stereocenters. The lowest BCUT2D eigenvalue weighted by molar-refractivity contribution is 0.177. The summed E-state index contributed by atoms with van der Waals surface area (Å²) in [4.78, 5) is 0. The van der Waals surface area contributed by atoms with Crippen LogP contribution in [0.15, 0.2) is 58.7 Å². The van der Waals surface area contributed by atoms with Gasteiger partial charge in [0.15, 0.2) is 0 Å². The van der Waals surface area contributed by atoms with Crippen LogP contribution in [0, 0.1) is 5.41 Å². The Morgan fingerprint density at radius 2 is 1.91 bits per heavy atom. The summed E-state index contributed by atoms with van der Waals surface area (Å²) in [5.41, 5.74) is 5.90. The minimum atomic E-state index is 0.313. The maximum Gasteiger partial charge on any atom is 0.0652 e. The van der Waals surface area contributed by atoms with E-state index in [4.69, 9.17) is 4.74 Å². The van der Waals surface area contributed by atoms with Crippen molar-refractivity contribution < 1.29 is 4.74 Å². The summed E-state index contributed by atoms with van der Waals surface area (Å²) >= 11 is 0. The Bertz CT molecular complexity index is 524. The monoisotopic (exact) mass is 314 g/mol. The molecule has 0 bridgehead atoms. The molecule has 0 aromatic heterocycles. The predicted octanol–water partition coefficient (Wildman–Crippen LogP) is 6.55. The van der Waals surface area contributed by atoms with Crippen LogP contribution in [0.4, 0.5) is 0 Å². The summed E-state index contributed by atoms with van der Waals surface area (Å²) in [6.07, 6.45) is 16.9. The highest BCUT2D eigenvalue weighted by Crippen LogP contribution is 2.40. The van der Waals surface area contributed by atoms with Crippen LogP contribution in [0.5, 0.6) is 0 Å². The Hall–Kier alpha value is -1.34. The van der Waals surface area contributed by atoms with Gasteiger partial charge in [-0.25, -0.2) is 0 Å². The highest BCUT2D eigenvalue weighted by Gasteiger charge is 2.26. The summed E-state index contributed by atoms with van der Waals surface area (Å²) in [7, 11) is 0. The van der Waals surface area contributed by atoms with Gasteiger partial charge in [0.2, 0.25) is 0 Å². The van der Waals surface area contributed by atoms with Crippen molar-refractivity contribution in [1.82, 2.24) is 0 Å². The van der Waals surface area contributed by atoms with Gasteiger partial charge in [0, 0.05) is 6.61 Å². The fraction of sp³-hybridized carbons (Fsp3) is 0.545.